The standard InChI is InChI=1S/C39H57N2O2S/c1-9-11-13-15-17-26-40-34-24-22-30(3)28-32(34)38(4,5)36(40)20-19-21-37-39(6,7)33-29-31(44(8,42)43)23-25-35(33)41(37)27-18-16-14-12-10-2/h19-25,28-29H,9-18,26-27H2,1-8H3/q+1. The minimum atomic E-state index is -3.29. The van der Waals surface area contributed by atoms with Crippen LogP contribution < -0.4 is 4.90 Å². The lowest BCUT2D eigenvalue weighted by Crippen LogP contribution is -2.28. The number of sulfone groups is 1. The molecular weight excluding hydrogens is 561 g/mol. The molecule has 240 valence electrons. The minimum absolute atomic E-state index is 0.0860. The molecular formula is C39H57N2O2S+. The number of anilines is 1. The first-order valence-corrected chi connectivity index (χ1v) is 19.0. The van der Waals surface area contributed by atoms with Crippen LogP contribution in [0, 0.1) is 6.92 Å². The molecule has 2 aromatic rings. The maximum absolute atomic E-state index is 12.5. The van der Waals surface area contributed by atoms with Crippen LogP contribution in [0.4, 0.5) is 11.4 Å². The molecule has 4 nitrogen and oxygen atoms in total. The summed E-state index contributed by atoms with van der Waals surface area (Å²) in [6.45, 7) is 17.9. The van der Waals surface area contributed by atoms with E-state index in [1.807, 2.05) is 12.1 Å². The summed E-state index contributed by atoms with van der Waals surface area (Å²) < 4.78 is 27.5. The minimum Gasteiger partial charge on any atom is -0.344 e. The lowest BCUT2D eigenvalue weighted by molar-refractivity contribution is -0.438. The molecule has 0 amide bonds. The van der Waals surface area contributed by atoms with Gasteiger partial charge in [0.25, 0.3) is 0 Å². The first-order valence-electron chi connectivity index (χ1n) is 17.1. The van der Waals surface area contributed by atoms with Gasteiger partial charge in [-0.15, -0.1) is 0 Å². The van der Waals surface area contributed by atoms with Gasteiger partial charge in [0.05, 0.1) is 10.3 Å². The number of nitrogens with zero attached hydrogens (tertiary/aromatic N) is 2. The van der Waals surface area contributed by atoms with Crippen LogP contribution in [0.5, 0.6) is 0 Å². The van der Waals surface area contributed by atoms with E-state index in [0.29, 0.717) is 4.90 Å². The normalized spacial score (nSPS) is 18.1. The molecule has 0 saturated heterocycles. The van der Waals surface area contributed by atoms with Crippen LogP contribution in [0.2, 0.25) is 0 Å². The Morgan fingerprint density at radius 2 is 1.45 bits per heavy atom. The Balaban J connectivity index is 1.71. The largest absolute Gasteiger partial charge is 0.344 e. The van der Waals surface area contributed by atoms with E-state index in [4.69, 9.17) is 0 Å². The van der Waals surface area contributed by atoms with E-state index in [-0.39, 0.29) is 10.8 Å². The molecule has 0 fully saturated rings. The molecule has 0 unspecified atom stereocenters. The maximum atomic E-state index is 12.5. The van der Waals surface area contributed by atoms with Crippen molar-refractivity contribution < 1.29 is 13.0 Å². The molecule has 0 N–H and O–H groups in total. The van der Waals surface area contributed by atoms with Gasteiger partial charge in [-0.05, 0) is 69.5 Å². The fraction of sp³-hybridized carbons (Fsp3) is 0.564. The third kappa shape index (κ3) is 7.25. The summed E-state index contributed by atoms with van der Waals surface area (Å²) in [5.41, 5.74) is 8.50. The zero-order valence-electron chi connectivity index (χ0n) is 28.8. The topological polar surface area (TPSA) is 40.4 Å². The van der Waals surface area contributed by atoms with Crippen molar-refractivity contribution in [2.45, 2.75) is 128 Å². The summed E-state index contributed by atoms with van der Waals surface area (Å²) in [4.78, 5) is 2.85. The van der Waals surface area contributed by atoms with E-state index in [1.54, 1.807) is 6.07 Å². The average Bonchev–Trinajstić information content (AvgIpc) is 3.30. The van der Waals surface area contributed by atoms with Gasteiger partial charge in [-0.1, -0.05) is 90.3 Å². The number of aryl methyl sites for hydroxylation is 1. The second kappa shape index (κ2) is 14.2. The summed E-state index contributed by atoms with van der Waals surface area (Å²) in [5, 5.41) is 0. The molecule has 5 heteroatoms. The van der Waals surface area contributed by atoms with Gasteiger partial charge in [0.15, 0.2) is 15.5 Å². The van der Waals surface area contributed by atoms with E-state index < -0.39 is 9.84 Å². The number of hydrogen-bond donors (Lipinski definition) is 0. The molecule has 0 saturated carbocycles. The third-order valence-electron chi connectivity index (χ3n) is 9.82. The first-order chi connectivity index (χ1) is 20.8. The quantitative estimate of drug-likeness (QED) is 0.148. The highest BCUT2D eigenvalue weighted by Gasteiger charge is 2.44. The average molecular weight is 618 g/mol. The smallest absolute Gasteiger partial charge is 0.209 e. The van der Waals surface area contributed by atoms with Gasteiger partial charge in [0.1, 0.15) is 6.54 Å². The fourth-order valence-corrected chi connectivity index (χ4v) is 7.78. The van der Waals surface area contributed by atoms with Crippen LogP contribution in [-0.4, -0.2) is 38.1 Å². The first kappa shape index (κ1) is 34.2. The van der Waals surface area contributed by atoms with Crippen molar-refractivity contribution in [2.75, 3.05) is 24.2 Å². The zero-order valence-corrected chi connectivity index (χ0v) is 29.6. The predicted molar refractivity (Wildman–Crippen MR) is 189 cm³/mol. The third-order valence-corrected chi connectivity index (χ3v) is 10.9. The van der Waals surface area contributed by atoms with Gasteiger partial charge in [-0.3, -0.25) is 0 Å². The Labute approximate surface area is 268 Å². The van der Waals surface area contributed by atoms with Crippen LogP contribution in [0.1, 0.15) is 122 Å². The van der Waals surface area contributed by atoms with E-state index in [0.717, 1.165) is 30.8 Å². The second-order valence-corrected chi connectivity index (χ2v) is 16.2. The van der Waals surface area contributed by atoms with Crippen LogP contribution in [-0.2, 0) is 20.7 Å². The highest BCUT2D eigenvalue weighted by Crippen LogP contribution is 2.49. The second-order valence-electron chi connectivity index (χ2n) is 14.1. The van der Waals surface area contributed by atoms with Crippen molar-refractivity contribution in [3.05, 3.63) is 77.0 Å². The molecule has 0 bridgehead atoms. The molecule has 0 aromatic heterocycles. The highest BCUT2D eigenvalue weighted by molar-refractivity contribution is 7.90. The fourth-order valence-electron chi connectivity index (χ4n) is 7.13. The van der Waals surface area contributed by atoms with Gasteiger partial charge in [0, 0.05) is 53.7 Å². The Morgan fingerprint density at radius 3 is 2.11 bits per heavy atom. The SMILES string of the molecule is CCCCCCCN1C(=CC=CC2=[N+](CCCCCCC)c3ccc(C)cc3C2(C)C)C(C)(C)c2cc(S(C)(=O)=O)ccc21. The van der Waals surface area contributed by atoms with Gasteiger partial charge in [-0.2, -0.15) is 4.58 Å². The predicted octanol–water partition coefficient (Wildman–Crippen LogP) is 9.95. The summed E-state index contributed by atoms with van der Waals surface area (Å²) in [6.07, 6.45) is 20.6. The summed E-state index contributed by atoms with van der Waals surface area (Å²) >= 11 is 0. The van der Waals surface area contributed by atoms with Gasteiger partial charge in [0.2, 0.25) is 5.69 Å². The van der Waals surface area contributed by atoms with Gasteiger partial charge >= 0.3 is 0 Å². The molecule has 44 heavy (non-hydrogen) atoms. The number of hydrogen-bond acceptors (Lipinski definition) is 3. The van der Waals surface area contributed by atoms with E-state index in [1.165, 1.54) is 92.3 Å². The highest BCUT2D eigenvalue weighted by atomic mass is 32.2. The molecule has 2 heterocycles. The number of rotatable bonds is 15. The van der Waals surface area contributed by atoms with Crippen LogP contribution in [0.3, 0.4) is 0 Å². The molecule has 2 aromatic carbocycles. The summed E-state index contributed by atoms with van der Waals surface area (Å²) in [7, 11) is -3.29. The Kier molecular flexibility index (Phi) is 11.0. The lowest BCUT2D eigenvalue weighted by atomic mass is 9.80. The van der Waals surface area contributed by atoms with Crippen molar-refractivity contribution >= 4 is 26.9 Å². The van der Waals surface area contributed by atoms with E-state index in [9.17, 15) is 8.42 Å². The maximum Gasteiger partial charge on any atom is 0.209 e. The van der Waals surface area contributed by atoms with Crippen molar-refractivity contribution in [3.8, 4) is 0 Å². The van der Waals surface area contributed by atoms with Crippen molar-refractivity contribution in [1.82, 2.24) is 0 Å². The zero-order chi connectivity index (χ0) is 32.1. The molecule has 0 atom stereocenters. The Morgan fingerprint density at radius 1 is 0.795 bits per heavy atom. The number of unbranched alkanes of at least 4 members (excludes halogenated alkanes) is 8. The molecule has 0 spiro atoms. The number of benzene rings is 2. The van der Waals surface area contributed by atoms with Gasteiger partial charge < -0.3 is 4.90 Å². The summed E-state index contributed by atoms with van der Waals surface area (Å²) in [6, 6.07) is 12.6. The number of fused-ring (bicyclic) bond motifs is 2. The summed E-state index contributed by atoms with van der Waals surface area (Å²) in [5.74, 6) is 0. The van der Waals surface area contributed by atoms with E-state index in [2.05, 4.69) is 94.4 Å². The van der Waals surface area contributed by atoms with Crippen LogP contribution in [0.15, 0.2) is 65.2 Å². The van der Waals surface area contributed by atoms with Crippen molar-refractivity contribution in [3.63, 3.8) is 0 Å². The lowest BCUT2D eigenvalue weighted by Gasteiger charge is -2.27. The van der Waals surface area contributed by atoms with E-state index >= 15 is 0 Å². The Hall–Kier alpha value is -2.66. The molecule has 4 rings (SSSR count). The monoisotopic (exact) mass is 617 g/mol. The Bertz CT molecular complexity index is 1530. The molecule has 2 aliphatic heterocycles. The molecule has 0 aliphatic carbocycles. The molecule has 2 aliphatic rings. The van der Waals surface area contributed by atoms with Gasteiger partial charge in [-0.25, -0.2) is 8.42 Å². The van der Waals surface area contributed by atoms with Crippen molar-refractivity contribution in [2.24, 2.45) is 0 Å². The van der Waals surface area contributed by atoms with Crippen molar-refractivity contribution in [1.29, 1.82) is 0 Å². The number of allylic oxidation sites excluding steroid dienone is 4. The van der Waals surface area contributed by atoms with Crippen LogP contribution >= 0.6 is 0 Å². The van der Waals surface area contributed by atoms with Crippen LogP contribution in [0.25, 0.3) is 0 Å². The molecule has 0 radical (unpaired) electrons.